The van der Waals surface area contributed by atoms with Gasteiger partial charge in [0.2, 0.25) is 0 Å². The summed E-state index contributed by atoms with van der Waals surface area (Å²) in [5.41, 5.74) is 14.3. The molecule has 10 aromatic carbocycles. The van der Waals surface area contributed by atoms with Gasteiger partial charge < -0.3 is 9.32 Å². The van der Waals surface area contributed by atoms with Crippen LogP contribution in [0, 0.1) is 0 Å². The zero-order valence-electron chi connectivity index (χ0n) is 32.2. The average Bonchev–Trinajstić information content (AvgIpc) is 3.85. The van der Waals surface area contributed by atoms with Crippen molar-refractivity contribution < 1.29 is 4.42 Å². The molecule has 1 aromatic heterocycles. The van der Waals surface area contributed by atoms with Crippen molar-refractivity contribution in [2.24, 2.45) is 0 Å². The summed E-state index contributed by atoms with van der Waals surface area (Å²) in [4.78, 5) is 2.43. The third-order valence-corrected chi connectivity index (χ3v) is 12.5. The van der Waals surface area contributed by atoms with Crippen molar-refractivity contribution in [2.75, 3.05) is 4.90 Å². The minimum atomic E-state index is -0.521. The van der Waals surface area contributed by atoms with Crippen LogP contribution in [-0.4, -0.2) is 0 Å². The zero-order chi connectivity index (χ0) is 38.9. The molecular weight excluding hydrogens is 715 g/mol. The lowest BCUT2D eigenvalue weighted by molar-refractivity contribution is 0.674. The van der Waals surface area contributed by atoms with Gasteiger partial charge in [-0.2, -0.15) is 0 Å². The summed E-state index contributed by atoms with van der Waals surface area (Å²) >= 11 is 0. The Bertz CT molecular complexity index is 3330. The Morgan fingerprint density at radius 2 is 0.864 bits per heavy atom. The second-order valence-corrected chi connectivity index (χ2v) is 15.6. The largest absolute Gasteiger partial charge is 0.455 e. The lowest BCUT2D eigenvalue weighted by atomic mass is 9.67. The van der Waals surface area contributed by atoms with E-state index in [1.807, 2.05) is 0 Å². The monoisotopic (exact) mass is 751 g/mol. The van der Waals surface area contributed by atoms with Crippen LogP contribution in [0.3, 0.4) is 0 Å². The first-order valence-corrected chi connectivity index (χ1v) is 20.3. The van der Waals surface area contributed by atoms with E-state index in [2.05, 4.69) is 229 Å². The van der Waals surface area contributed by atoms with Gasteiger partial charge in [0.15, 0.2) is 0 Å². The predicted octanol–water partition coefficient (Wildman–Crippen LogP) is 15.4. The highest BCUT2D eigenvalue weighted by molar-refractivity contribution is 6.31. The maximum atomic E-state index is 7.11. The summed E-state index contributed by atoms with van der Waals surface area (Å²) < 4.78 is 7.11. The number of furan rings is 1. The molecule has 0 unspecified atom stereocenters. The fourth-order valence-corrected chi connectivity index (χ4v) is 10.1. The first-order valence-electron chi connectivity index (χ1n) is 20.3. The molecule has 1 aliphatic rings. The van der Waals surface area contributed by atoms with Gasteiger partial charge in [-0.3, -0.25) is 0 Å². The van der Waals surface area contributed by atoms with E-state index < -0.39 is 5.41 Å². The van der Waals surface area contributed by atoms with Crippen LogP contribution >= 0.6 is 0 Å². The van der Waals surface area contributed by atoms with E-state index in [0.29, 0.717) is 0 Å². The molecule has 1 aliphatic carbocycles. The molecule has 0 saturated heterocycles. The Morgan fingerprint density at radius 1 is 0.322 bits per heavy atom. The number of para-hydroxylation sites is 1. The van der Waals surface area contributed by atoms with E-state index in [4.69, 9.17) is 4.42 Å². The van der Waals surface area contributed by atoms with Gasteiger partial charge in [-0.15, -0.1) is 0 Å². The second-order valence-electron chi connectivity index (χ2n) is 15.6. The number of hydrogen-bond acceptors (Lipinski definition) is 2. The van der Waals surface area contributed by atoms with Crippen molar-refractivity contribution >= 4 is 60.5 Å². The van der Waals surface area contributed by atoms with Gasteiger partial charge >= 0.3 is 0 Å². The quantitative estimate of drug-likeness (QED) is 0.157. The molecular formula is C57H37NO. The van der Waals surface area contributed by atoms with E-state index in [-0.39, 0.29) is 0 Å². The summed E-state index contributed by atoms with van der Waals surface area (Å²) in [6.45, 7) is 0. The van der Waals surface area contributed by atoms with E-state index in [0.717, 1.165) is 55.5 Å². The Kier molecular flexibility index (Phi) is 7.48. The zero-order valence-corrected chi connectivity index (χ0v) is 32.2. The highest BCUT2D eigenvalue weighted by atomic mass is 16.3. The predicted molar refractivity (Wildman–Crippen MR) is 246 cm³/mol. The third kappa shape index (κ3) is 4.93. The average molecular weight is 752 g/mol. The van der Waals surface area contributed by atoms with Crippen molar-refractivity contribution in [1.82, 2.24) is 0 Å². The fraction of sp³-hybridized carbons (Fsp3) is 0.0175. The fourth-order valence-electron chi connectivity index (χ4n) is 10.1. The smallest absolute Gasteiger partial charge is 0.143 e. The molecule has 0 N–H and O–H groups in total. The summed E-state index contributed by atoms with van der Waals surface area (Å²) in [5, 5.41) is 6.96. The van der Waals surface area contributed by atoms with Gasteiger partial charge in [-0.05, 0) is 91.5 Å². The molecule has 11 aromatic rings. The van der Waals surface area contributed by atoms with Gasteiger partial charge in [-0.25, -0.2) is 0 Å². The molecule has 0 spiro atoms. The molecule has 2 nitrogen and oxygen atoms in total. The van der Waals surface area contributed by atoms with Gasteiger partial charge in [-0.1, -0.05) is 188 Å². The minimum absolute atomic E-state index is 0.521. The van der Waals surface area contributed by atoms with E-state index in [1.54, 1.807) is 0 Å². The van der Waals surface area contributed by atoms with Gasteiger partial charge in [0.25, 0.3) is 0 Å². The second kappa shape index (κ2) is 13.2. The molecule has 12 rings (SSSR count). The summed E-state index contributed by atoms with van der Waals surface area (Å²) in [6, 6.07) is 81.7. The van der Waals surface area contributed by atoms with Crippen molar-refractivity contribution in [1.29, 1.82) is 0 Å². The van der Waals surface area contributed by atoms with Gasteiger partial charge in [0.05, 0.1) is 5.41 Å². The molecule has 59 heavy (non-hydrogen) atoms. The number of anilines is 3. The molecule has 276 valence electrons. The van der Waals surface area contributed by atoms with Crippen molar-refractivity contribution in [3.8, 4) is 22.3 Å². The molecule has 0 amide bonds. The van der Waals surface area contributed by atoms with Crippen LogP contribution in [0.25, 0.3) is 65.7 Å². The Balaban J connectivity index is 1.18. The van der Waals surface area contributed by atoms with E-state index in [9.17, 15) is 0 Å². The third-order valence-electron chi connectivity index (χ3n) is 12.5. The van der Waals surface area contributed by atoms with Gasteiger partial charge in [0, 0.05) is 38.8 Å². The molecule has 0 radical (unpaired) electrons. The first kappa shape index (κ1) is 33.5. The topological polar surface area (TPSA) is 16.4 Å². The number of fused-ring (bicyclic) bond motifs is 11. The molecule has 0 bridgehead atoms. The Hall–Kier alpha value is -7.68. The lowest BCUT2D eigenvalue weighted by Crippen LogP contribution is -2.28. The van der Waals surface area contributed by atoms with Crippen LogP contribution < -0.4 is 4.90 Å². The Labute approximate surface area is 342 Å². The molecule has 1 heterocycles. The molecule has 0 atom stereocenters. The molecule has 2 heteroatoms. The number of nitrogens with zero attached hydrogens (tertiary/aromatic N) is 1. The van der Waals surface area contributed by atoms with Crippen molar-refractivity contribution in [3.63, 3.8) is 0 Å². The highest BCUT2D eigenvalue weighted by Crippen LogP contribution is 2.57. The van der Waals surface area contributed by atoms with Crippen LogP contribution in [0.1, 0.15) is 22.3 Å². The van der Waals surface area contributed by atoms with E-state index >= 15 is 0 Å². The summed E-state index contributed by atoms with van der Waals surface area (Å²) in [7, 11) is 0. The first-order chi connectivity index (χ1) is 29.3. The van der Waals surface area contributed by atoms with Gasteiger partial charge in [0.1, 0.15) is 11.2 Å². The summed E-state index contributed by atoms with van der Waals surface area (Å²) in [5.74, 6) is 0. The normalized spacial score (nSPS) is 12.9. The Morgan fingerprint density at radius 3 is 1.56 bits per heavy atom. The minimum Gasteiger partial charge on any atom is -0.455 e. The van der Waals surface area contributed by atoms with Crippen molar-refractivity contribution in [2.45, 2.75) is 5.41 Å². The van der Waals surface area contributed by atoms with Crippen LogP contribution in [-0.2, 0) is 5.41 Å². The van der Waals surface area contributed by atoms with Crippen LogP contribution in [0.4, 0.5) is 17.1 Å². The lowest BCUT2D eigenvalue weighted by Gasteiger charge is -2.35. The number of hydrogen-bond donors (Lipinski definition) is 0. The SMILES string of the molecule is c1ccc(-c2cc(N(c3ccccc3)c3ccc4c(c3)C(c3ccccc3)(c3ccccc3)c3ccccc3-4)cc3c2oc2c4ccccc4c4ccccc4c32)cc1. The van der Waals surface area contributed by atoms with Crippen LogP contribution in [0.5, 0.6) is 0 Å². The van der Waals surface area contributed by atoms with E-state index in [1.165, 1.54) is 49.5 Å². The van der Waals surface area contributed by atoms with Crippen LogP contribution in [0.2, 0.25) is 0 Å². The van der Waals surface area contributed by atoms with Crippen LogP contribution in [0.15, 0.2) is 229 Å². The molecule has 0 saturated carbocycles. The van der Waals surface area contributed by atoms with Crippen molar-refractivity contribution in [3.05, 3.63) is 247 Å². The molecule has 0 fully saturated rings. The maximum absolute atomic E-state index is 7.11. The highest BCUT2D eigenvalue weighted by Gasteiger charge is 2.46. The number of benzene rings is 10. The molecule has 0 aliphatic heterocycles. The summed E-state index contributed by atoms with van der Waals surface area (Å²) in [6.07, 6.45) is 0. The number of rotatable bonds is 6. The maximum Gasteiger partial charge on any atom is 0.143 e. The standard InChI is InChI=1S/C57H37NO/c1-5-19-38(20-6-1)50-35-43(36-51-54-48-30-15-13-27-44(48)45-28-14-16-31-49(45)56(54)59-55(50)51)58(41-25-11-4-12-26-41)42-33-34-47-46-29-17-18-32-52(46)57(53(47)37-42,39-21-7-2-8-22-39)40-23-9-3-10-24-40/h1-37H.